The van der Waals surface area contributed by atoms with Gasteiger partial charge in [0.25, 0.3) is 0 Å². The van der Waals surface area contributed by atoms with Crippen LogP contribution in [0.5, 0.6) is 0 Å². The molecule has 2 rings (SSSR count). The van der Waals surface area contributed by atoms with Gasteiger partial charge in [0.1, 0.15) is 5.69 Å². The number of carbonyl (C=O) groups excluding carboxylic acids is 1. The van der Waals surface area contributed by atoms with E-state index >= 15 is 0 Å². The van der Waals surface area contributed by atoms with E-state index in [4.69, 9.17) is 0 Å². The molecule has 6 heteroatoms. The average molecular weight is 347 g/mol. The van der Waals surface area contributed by atoms with Gasteiger partial charge in [-0.1, -0.05) is 38.4 Å². The summed E-state index contributed by atoms with van der Waals surface area (Å²) in [6.45, 7) is 7.71. The number of anilines is 1. The number of aromatic nitrogens is 2. The second-order valence-corrected chi connectivity index (χ2v) is 4.79. The van der Waals surface area contributed by atoms with Crippen LogP contribution < -0.4 is 5.32 Å². The minimum absolute atomic E-state index is 0. The van der Waals surface area contributed by atoms with Gasteiger partial charge in [0.15, 0.2) is 5.82 Å². The third-order valence-corrected chi connectivity index (χ3v) is 2.83. The first-order valence-electron chi connectivity index (χ1n) is 6.12. The van der Waals surface area contributed by atoms with Gasteiger partial charge in [-0.15, -0.1) is 0 Å². The van der Waals surface area contributed by atoms with E-state index in [-0.39, 0.29) is 44.5 Å². The Morgan fingerprint density at radius 1 is 1.30 bits per heavy atom. The zero-order valence-corrected chi connectivity index (χ0v) is 14.9. The number of aryl methyl sites for hydroxylation is 2. The fourth-order valence-electron chi connectivity index (χ4n) is 1.82. The molecule has 20 heavy (non-hydrogen) atoms. The largest absolute Gasteiger partial charge is 0.313 e. The van der Waals surface area contributed by atoms with Crippen molar-refractivity contribution in [2.75, 3.05) is 5.32 Å². The molecule has 0 atom stereocenters. The van der Waals surface area contributed by atoms with E-state index in [0.29, 0.717) is 17.1 Å². The Morgan fingerprint density at radius 2 is 2.00 bits per heavy atom. The van der Waals surface area contributed by atoms with E-state index in [1.165, 1.54) is 0 Å². The number of nitrogens with zero attached hydrogens (tertiary/aromatic N) is 2. The average Bonchev–Trinajstić information content (AvgIpc) is 2.76. The van der Waals surface area contributed by atoms with E-state index < -0.39 is 0 Å². The molecule has 0 spiro atoms. The summed E-state index contributed by atoms with van der Waals surface area (Å²) in [5.41, 5.74) is 3.02. The van der Waals surface area contributed by atoms with Crippen molar-refractivity contribution in [2.24, 2.45) is 0 Å². The molecule has 0 saturated carbocycles. The fourth-order valence-corrected chi connectivity index (χ4v) is 1.82. The summed E-state index contributed by atoms with van der Waals surface area (Å²) in [7, 11) is 0. The van der Waals surface area contributed by atoms with Gasteiger partial charge in [-0.2, -0.15) is 29.3 Å². The van der Waals surface area contributed by atoms with Gasteiger partial charge >= 0.3 is 0 Å². The molecule has 0 aliphatic rings. The first kappa shape index (κ1) is 17.0. The molecule has 0 unspecified atom stereocenters. The Bertz CT molecular complexity index is 608. The van der Waals surface area contributed by atoms with Crippen LogP contribution in [0.1, 0.15) is 46.9 Å². The number of carbonyl (C=O) groups is 1. The molecule has 103 valence electrons. The van der Waals surface area contributed by atoms with Crippen molar-refractivity contribution < 1.29 is 42.1 Å². The Hall–Kier alpha value is -1.07. The van der Waals surface area contributed by atoms with E-state index in [1.54, 1.807) is 6.07 Å². The van der Waals surface area contributed by atoms with Crippen LogP contribution in [0, 0.1) is 19.9 Å². The van der Waals surface area contributed by atoms with Crippen molar-refractivity contribution >= 4 is 11.7 Å². The van der Waals surface area contributed by atoms with Crippen molar-refractivity contribution in [1.82, 2.24) is 10.3 Å². The molecule has 1 aromatic heterocycles. The van der Waals surface area contributed by atoms with Crippen molar-refractivity contribution in [3.05, 3.63) is 40.6 Å². The molecule has 1 amide bonds. The molecule has 2 aromatic rings. The predicted molar refractivity (Wildman–Crippen MR) is 71.1 cm³/mol. The van der Waals surface area contributed by atoms with Crippen molar-refractivity contribution in [1.29, 1.82) is 0 Å². The number of benzene rings is 1. The van der Waals surface area contributed by atoms with Crippen LogP contribution >= 0.6 is 0 Å². The predicted octanol–water partition coefficient (Wildman–Crippen LogP) is 2.86. The first-order valence-corrected chi connectivity index (χ1v) is 6.12. The number of amides is 1. The Balaban J connectivity index is 0.00000200. The third kappa shape index (κ3) is 3.73. The maximum atomic E-state index is 12.2. The van der Waals surface area contributed by atoms with Gasteiger partial charge in [-0.05, 0) is 5.16 Å². The number of hydrogen-bond acceptors (Lipinski definition) is 4. The smallest absolute Gasteiger partial charge is 0.201 e. The molecule has 1 radical (unpaired) electrons. The summed E-state index contributed by atoms with van der Waals surface area (Å²) in [6.07, 6.45) is 0. The second kappa shape index (κ2) is 7.09. The monoisotopic (exact) mass is 347 g/mol. The molecule has 0 saturated heterocycles. The molecule has 1 aromatic carbocycles. The van der Waals surface area contributed by atoms with E-state index in [2.05, 4.69) is 26.3 Å². The quantitative estimate of drug-likeness (QED) is 0.867. The Labute approximate surface area is 143 Å². The van der Waals surface area contributed by atoms with Crippen LogP contribution in [0.15, 0.2) is 16.8 Å². The van der Waals surface area contributed by atoms with Gasteiger partial charge in [-0.3, -0.25) is 4.79 Å². The van der Waals surface area contributed by atoms with E-state index in [9.17, 15) is 4.79 Å². The Morgan fingerprint density at radius 3 is 2.60 bits per heavy atom. The molecule has 0 aliphatic carbocycles. The molecule has 0 aliphatic heterocycles. The maximum absolute atomic E-state index is 12.2. The maximum Gasteiger partial charge on any atom is 0.201 e. The van der Waals surface area contributed by atoms with E-state index in [0.717, 1.165) is 11.1 Å². The minimum Gasteiger partial charge on any atom is -0.313 e. The van der Waals surface area contributed by atoms with Crippen LogP contribution in [-0.2, 0) is 32.7 Å². The summed E-state index contributed by atoms with van der Waals surface area (Å²) < 4.78 is 4.67. The molecule has 0 fully saturated rings. The first-order chi connectivity index (χ1) is 8.99. The second-order valence-electron chi connectivity index (χ2n) is 4.79. The summed E-state index contributed by atoms with van der Waals surface area (Å²) in [5, 5.41) is 10.2. The normalized spacial score (nSPS) is 10.2. The SMILES string of the molecule is Cc1[c-]c(C)c(C(=O)Nc2nonc2C(C)C)cc1.[Y]. The molecular weight excluding hydrogens is 331 g/mol. The molecule has 5 nitrogen and oxygen atoms in total. The number of hydrogen-bond donors (Lipinski definition) is 1. The van der Waals surface area contributed by atoms with Gasteiger partial charge in [0, 0.05) is 38.6 Å². The summed E-state index contributed by atoms with van der Waals surface area (Å²) in [6, 6.07) is 6.75. The molecule has 0 bridgehead atoms. The fraction of sp³-hybridized carbons (Fsp3) is 0.357. The van der Waals surface area contributed by atoms with Crippen LogP contribution in [0.2, 0.25) is 0 Å². The van der Waals surface area contributed by atoms with Crippen LogP contribution in [-0.4, -0.2) is 16.2 Å². The molecule has 1 N–H and O–H groups in total. The van der Waals surface area contributed by atoms with E-state index in [1.807, 2.05) is 33.8 Å². The van der Waals surface area contributed by atoms with Gasteiger partial charge in [0.2, 0.25) is 5.91 Å². The topological polar surface area (TPSA) is 68.0 Å². The molecule has 1 heterocycles. The van der Waals surface area contributed by atoms with Crippen LogP contribution in [0.25, 0.3) is 0 Å². The summed E-state index contributed by atoms with van der Waals surface area (Å²) in [5.74, 6) is 0.276. The van der Waals surface area contributed by atoms with Crippen molar-refractivity contribution in [3.63, 3.8) is 0 Å². The zero-order valence-electron chi connectivity index (χ0n) is 12.0. The number of nitrogens with one attached hydrogen (secondary N) is 1. The molecular formula is C14H16N3O2Y-. The van der Waals surface area contributed by atoms with Crippen LogP contribution in [0.4, 0.5) is 5.82 Å². The van der Waals surface area contributed by atoms with Gasteiger partial charge in [0.05, 0.1) is 0 Å². The summed E-state index contributed by atoms with van der Waals surface area (Å²) >= 11 is 0. The number of rotatable bonds is 3. The minimum atomic E-state index is -0.230. The Kier molecular flexibility index (Phi) is 6.02. The van der Waals surface area contributed by atoms with Gasteiger partial charge < -0.3 is 5.32 Å². The van der Waals surface area contributed by atoms with Gasteiger partial charge in [-0.25, -0.2) is 4.63 Å². The third-order valence-electron chi connectivity index (χ3n) is 2.83. The zero-order chi connectivity index (χ0) is 14.0. The standard InChI is InChI=1S/C14H16N3O2.Y/c1-8(2)12-13(17-19-16-12)15-14(18)11-6-5-9(3)7-10(11)4;/h5-6,8H,1-4H3,(H,15,17,18);/q-1;. The summed E-state index contributed by atoms with van der Waals surface area (Å²) in [4.78, 5) is 12.2. The van der Waals surface area contributed by atoms with Crippen molar-refractivity contribution in [2.45, 2.75) is 33.6 Å². The van der Waals surface area contributed by atoms with Crippen molar-refractivity contribution in [3.8, 4) is 0 Å². The van der Waals surface area contributed by atoms with Crippen LogP contribution in [0.3, 0.4) is 0 Å².